The van der Waals surface area contributed by atoms with Gasteiger partial charge in [-0.3, -0.25) is 4.79 Å². The zero-order valence-electron chi connectivity index (χ0n) is 33.9. The Hall–Kier alpha value is -0.530. The molecule has 0 aromatic carbocycles. The van der Waals surface area contributed by atoms with Crippen LogP contribution in [0.4, 0.5) is 0 Å². The molecule has 0 bridgehead atoms. The van der Waals surface area contributed by atoms with Crippen LogP contribution in [-0.2, 0) is 9.53 Å². The van der Waals surface area contributed by atoms with Gasteiger partial charge in [-0.25, -0.2) is 0 Å². The van der Waals surface area contributed by atoms with Gasteiger partial charge >= 0.3 is 5.97 Å². The summed E-state index contributed by atoms with van der Waals surface area (Å²) in [7, 11) is 0. The van der Waals surface area contributed by atoms with Gasteiger partial charge in [-0.15, -0.1) is 0 Å². The number of hydrogen-bond donors (Lipinski definition) is 0. The van der Waals surface area contributed by atoms with Crippen LogP contribution in [0, 0.1) is 5.92 Å². The van der Waals surface area contributed by atoms with Gasteiger partial charge in [0.2, 0.25) is 0 Å². The highest BCUT2D eigenvalue weighted by molar-refractivity contribution is 5.69. The molecule has 2 heteroatoms. The summed E-state index contributed by atoms with van der Waals surface area (Å²) in [6.07, 6.45) is 54.4. The SMILES string of the molecule is CCCCCCCCCCCCCCCCC(CCCCCCCCCCCCCC)COC(=O)CCCCCCCCCCCCC. The molecule has 288 valence electrons. The molecule has 0 aromatic heterocycles. The molecular weight excluding hydrogens is 585 g/mol. The van der Waals surface area contributed by atoms with Gasteiger partial charge in [0.15, 0.2) is 0 Å². The highest BCUT2D eigenvalue weighted by Gasteiger charge is 2.12. The summed E-state index contributed by atoms with van der Waals surface area (Å²) in [5.74, 6) is 0.637. The molecule has 2 nitrogen and oxygen atoms in total. The average molecular weight is 677 g/mol. The van der Waals surface area contributed by atoms with Crippen molar-refractivity contribution in [3.63, 3.8) is 0 Å². The van der Waals surface area contributed by atoms with Crippen LogP contribution in [0.25, 0.3) is 0 Å². The maximum Gasteiger partial charge on any atom is 0.305 e. The van der Waals surface area contributed by atoms with E-state index >= 15 is 0 Å². The molecule has 0 saturated heterocycles. The van der Waals surface area contributed by atoms with Crippen molar-refractivity contribution in [2.45, 2.75) is 278 Å². The van der Waals surface area contributed by atoms with Gasteiger partial charge in [0.05, 0.1) is 6.61 Å². The zero-order chi connectivity index (χ0) is 34.9. The van der Waals surface area contributed by atoms with E-state index in [4.69, 9.17) is 4.74 Å². The number of esters is 1. The van der Waals surface area contributed by atoms with E-state index in [1.807, 2.05) is 0 Å². The van der Waals surface area contributed by atoms with Crippen molar-refractivity contribution in [1.82, 2.24) is 0 Å². The second-order valence-corrected chi connectivity index (χ2v) is 15.9. The highest BCUT2D eigenvalue weighted by Crippen LogP contribution is 2.21. The maximum atomic E-state index is 12.6. The Kier molecular flexibility index (Phi) is 42.2. The van der Waals surface area contributed by atoms with Gasteiger partial charge < -0.3 is 4.74 Å². The third-order valence-corrected chi connectivity index (χ3v) is 10.9. The summed E-state index contributed by atoms with van der Waals surface area (Å²) in [6, 6.07) is 0. The van der Waals surface area contributed by atoms with E-state index in [0.29, 0.717) is 18.9 Å². The molecule has 0 heterocycles. The lowest BCUT2D eigenvalue weighted by atomic mass is 9.94. The largest absolute Gasteiger partial charge is 0.465 e. The molecule has 1 atom stereocenters. The van der Waals surface area contributed by atoms with Crippen molar-refractivity contribution in [2.24, 2.45) is 5.92 Å². The summed E-state index contributed by atoms with van der Waals surface area (Å²) in [5.41, 5.74) is 0. The lowest BCUT2D eigenvalue weighted by molar-refractivity contribution is -0.145. The summed E-state index contributed by atoms with van der Waals surface area (Å²) < 4.78 is 5.88. The second-order valence-electron chi connectivity index (χ2n) is 15.9. The molecule has 0 amide bonds. The van der Waals surface area contributed by atoms with Gasteiger partial charge in [-0.05, 0) is 25.2 Å². The number of hydrogen-bond acceptors (Lipinski definition) is 2. The minimum absolute atomic E-state index is 0.0616. The van der Waals surface area contributed by atoms with Crippen molar-refractivity contribution in [1.29, 1.82) is 0 Å². The van der Waals surface area contributed by atoms with Gasteiger partial charge in [0.25, 0.3) is 0 Å². The predicted molar refractivity (Wildman–Crippen MR) is 216 cm³/mol. The molecule has 0 fully saturated rings. The minimum atomic E-state index is 0.0616. The van der Waals surface area contributed by atoms with Crippen LogP contribution in [-0.4, -0.2) is 12.6 Å². The van der Waals surface area contributed by atoms with Gasteiger partial charge in [-0.2, -0.15) is 0 Å². The van der Waals surface area contributed by atoms with Gasteiger partial charge in [0.1, 0.15) is 0 Å². The maximum absolute atomic E-state index is 12.6. The quantitative estimate of drug-likeness (QED) is 0.0475. The molecule has 0 aliphatic rings. The van der Waals surface area contributed by atoms with E-state index < -0.39 is 0 Å². The molecule has 0 rings (SSSR count). The summed E-state index contributed by atoms with van der Waals surface area (Å²) in [4.78, 5) is 12.6. The number of carbonyl (C=O) groups is 1. The first-order valence-corrected chi connectivity index (χ1v) is 22.9. The second kappa shape index (κ2) is 42.6. The van der Waals surface area contributed by atoms with Crippen molar-refractivity contribution >= 4 is 5.97 Å². The van der Waals surface area contributed by atoms with E-state index in [2.05, 4.69) is 20.8 Å². The summed E-state index contributed by atoms with van der Waals surface area (Å²) >= 11 is 0. The fourth-order valence-electron chi connectivity index (χ4n) is 7.43. The van der Waals surface area contributed by atoms with Crippen LogP contribution >= 0.6 is 0 Å². The fraction of sp³-hybridized carbons (Fsp3) is 0.978. The first kappa shape index (κ1) is 47.5. The van der Waals surface area contributed by atoms with E-state index in [1.165, 1.54) is 244 Å². The monoisotopic (exact) mass is 677 g/mol. The Morgan fingerprint density at radius 1 is 0.333 bits per heavy atom. The molecule has 0 aliphatic carbocycles. The summed E-state index contributed by atoms with van der Waals surface area (Å²) in [6.45, 7) is 7.57. The van der Waals surface area contributed by atoms with E-state index in [0.717, 1.165) is 6.42 Å². The molecule has 0 N–H and O–H groups in total. The Bertz CT molecular complexity index is 587. The van der Waals surface area contributed by atoms with Crippen LogP contribution in [0.3, 0.4) is 0 Å². The predicted octanol–water partition coefficient (Wildman–Crippen LogP) is 16.8. The molecule has 0 saturated carbocycles. The standard InChI is InChI=1S/C46H92O2/c1-4-7-10-13-16-19-22-24-25-28-30-33-36-39-42-45(41-38-35-32-29-27-23-20-17-14-11-8-5-2)44-48-46(47)43-40-37-34-31-26-21-18-15-12-9-6-3/h45H,4-44H2,1-3H3. The number of carbonyl (C=O) groups excluding carboxylic acids is 1. The van der Waals surface area contributed by atoms with E-state index in [-0.39, 0.29) is 5.97 Å². The van der Waals surface area contributed by atoms with Crippen LogP contribution in [0.2, 0.25) is 0 Å². The van der Waals surface area contributed by atoms with Crippen LogP contribution in [0.1, 0.15) is 278 Å². The first-order valence-electron chi connectivity index (χ1n) is 22.9. The lowest BCUT2D eigenvalue weighted by Gasteiger charge is -2.17. The summed E-state index contributed by atoms with van der Waals surface area (Å²) in [5, 5.41) is 0. The van der Waals surface area contributed by atoms with Crippen LogP contribution in [0.5, 0.6) is 0 Å². The van der Waals surface area contributed by atoms with Crippen LogP contribution < -0.4 is 0 Å². The molecule has 48 heavy (non-hydrogen) atoms. The van der Waals surface area contributed by atoms with E-state index in [9.17, 15) is 4.79 Å². The number of rotatable bonds is 42. The first-order chi connectivity index (χ1) is 23.7. The highest BCUT2D eigenvalue weighted by atomic mass is 16.5. The average Bonchev–Trinajstić information content (AvgIpc) is 3.09. The van der Waals surface area contributed by atoms with Gasteiger partial charge in [0, 0.05) is 6.42 Å². The Morgan fingerprint density at radius 3 is 0.833 bits per heavy atom. The van der Waals surface area contributed by atoms with E-state index in [1.54, 1.807) is 0 Å². The number of ether oxygens (including phenoxy) is 1. The number of unbranched alkanes of at least 4 members (excludes halogenated alkanes) is 34. The molecule has 0 aromatic rings. The van der Waals surface area contributed by atoms with Crippen molar-refractivity contribution in [3.8, 4) is 0 Å². The topological polar surface area (TPSA) is 26.3 Å². The zero-order valence-corrected chi connectivity index (χ0v) is 33.9. The Labute approximate surface area is 304 Å². The molecule has 0 aliphatic heterocycles. The van der Waals surface area contributed by atoms with Crippen molar-refractivity contribution in [2.75, 3.05) is 6.61 Å². The minimum Gasteiger partial charge on any atom is -0.465 e. The molecule has 1 unspecified atom stereocenters. The normalized spacial score (nSPS) is 12.1. The molecular formula is C46H92O2. The Morgan fingerprint density at radius 2 is 0.562 bits per heavy atom. The van der Waals surface area contributed by atoms with Crippen molar-refractivity contribution < 1.29 is 9.53 Å². The lowest BCUT2D eigenvalue weighted by Crippen LogP contribution is -2.14. The van der Waals surface area contributed by atoms with Crippen LogP contribution in [0.15, 0.2) is 0 Å². The third kappa shape index (κ3) is 39.9. The third-order valence-electron chi connectivity index (χ3n) is 10.9. The smallest absolute Gasteiger partial charge is 0.305 e. The molecule has 0 radical (unpaired) electrons. The fourth-order valence-corrected chi connectivity index (χ4v) is 7.43. The Balaban J connectivity index is 4.05. The molecule has 0 spiro atoms. The van der Waals surface area contributed by atoms with Crippen molar-refractivity contribution in [3.05, 3.63) is 0 Å². The van der Waals surface area contributed by atoms with Gasteiger partial charge in [-0.1, -0.05) is 252 Å².